The van der Waals surface area contributed by atoms with E-state index in [1.165, 1.54) is 4.88 Å². The second-order valence-electron chi connectivity index (χ2n) is 3.41. The number of rotatable bonds is 4. The Morgan fingerprint density at radius 1 is 1.31 bits per heavy atom. The van der Waals surface area contributed by atoms with Gasteiger partial charge in [0.2, 0.25) is 0 Å². The topological polar surface area (TPSA) is 50.9 Å². The van der Waals surface area contributed by atoms with Gasteiger partial charge >= 0.3 is 0 Å². The Labute approximate surface area is 107 Å². The molecule has 5 heteroatoms. The van der Waals surface area contributed by atoms with E-state index in [-0.39, 0.29) is 6.04 Å². The van der Waals surface area contributed by atoms with Gasteiger partial charge in [-0.25, -0.2) is 0 Å². The molecule has 0 aliphatic carbocycles. The van der Waals surface area contributed by atoms with Crippen LogP contribution in [-0.4, -0.2) is 4.98 Å². The molecule has 3 nitrogen and oxygen atoms in total. The van der Waals surface area contributed by atoms with E-state index in [0.29, 0.717) is 0 Å². The standard InChI is InChI=1S/C11H12BrN3S/c12-11-2-1-9(16-11)7-10(15-13)8-3-5-14-6-4-8/h1-6,10,15H,7,13H2. The fraction of sp³-hybridized carbons (Fsp3) is 0.182. The molecule has 0 spiro atoms. The molecule has 16 heavy (non-hydrogen) atoms. The Kier molecular flexibility index (Phi) is 4.06. The zero-order chi connectivity index (χ0) is 11.4. The largest absolute Gasteiger partial charge is 0.271 e. The minimum absolute atomic E-state index is 0.133. The lowest BCUT2D eigenvalue weighted by molar-refractivity contribution is 0.555. The number of hydrazine groups is 1. The van der Waals surface area contributed by atoms with Crippen molar-refractivity contribution in [3.8, 4) is 0 Å². The first-order valence-corrected chi connectivity index (χ1v) is 6.51. The van der Waals surface area contributed by atoms with Crippen molar-refractivity contribution in [2.75, 3.05) is 0 Å². The van der Waals surface area contributed by atoms with Gasteiger partial charge in [-0.05, 0) is 45.8 Å². The number of aromatic nitrogens is 1. The van der Waals surface area contributed by atoms with Crippen LogP contribution in [-0.2, 0) is 6.42 Å². The van der Waals surface area contributed by atoms with E-state index in [1.54, 1.807) is 23.7 Å². The Balaban J connectivity index is 2.12. The Bertz CT molecular complexity index is 444. The lowest BCUT2D eigenvalue weighted by Gasteiger charge is -2.14. The summed E-state index contributed by atoms with van der Waals surface area (Å²) >= 11 is 5.19. The first-order valence-electron chi connectivity index (χ1n) is 4.90. The number of thiophene rings is 1. The summed E-state index contributed by atoms with van der Waals surface area (Å²) < 4.78 is 1.15. The number of nitrogens with one attached hydrogen (secondary N) is 1. The van der Waals surface area contributed by atoms with Crippen molar-refractivity contribution in [3.05, 3.63) is 50.9 Å². The summed E-state index contributed by atoms with van der Waals surface area (Å²) in [5.41, 5.74) is 3.99. The second-order valence-corrected chi connectivity index (χ2v) is 5.96. The molecule has 2 aromatic rings. The van der Waals surface area contributed by atoms with Gasteiger partial charge in [0, 0.05) is 23.7 Å². The van der Waals surface area contributed by atoms with Crippen LogP contribution in [0.2, 0.25) is 0 Å². The number of halogens is 1. The molecule has 0 amide bonds. The van der Waals surface area contributed by atoms with E-state index >= 15 is 0 Å². The second kappa shape index (κ2) is 5.54. The maximum Gasteiger partial charge on any atom is 0.0701 e. The number of hydrogen-bond donors (Lipinski definition) is 2. The fourth-order valence-corrected chi connectivity index (χ4v) is 3.06. The Morgan fingerprint density at radius 2 is 2.06 bits per heavy atom. The lowest BCUT2D eigenvalue weighted by Crippen LogP contribution is -2.29. The highest BCUT2D eigenvalue weighted by atomic mass is 79.9. The molecule has 0 bridgehead atoms. The summed E-state index contributed by atoms with van der Waals surface area (Å²) in [5.74, 6) is 5.58. The van der Waals surface area contributed by atoms with Crippen LogP contribution in [0.1, 0.15) is 16.5 Å². The summed E-state index contributed by atoms with van der Waals surface area (Å²) in [6.45, 7) is 0. The van der Waals surface area contributed by atoms with E-state index in [1.807, 2.05) is 12.1 Å². The molecule has 1 unspecified atom stereocenters. The summed E-state index contributed by atoms with van der Waals surface area (Å²) in [5, 5.41) is 0. The van der Waals surface area contributed by atoms with E-state index in [0.717, 1.165) is 15.8 Å². The Morgan fingerprint density at radius 3 is 2.62 bits per heavy atom. The first-order chi connectivity index (χ1) is 7.79. The highest BCUT2D eigenvalue weighted by Gasteiger charge is 2.11. The van der Waals surface area contributed by atoms with Gasteiger partial charge in [-0.15, -0.1) is 11.3 Å². The SMILES string of the molecule is NNC(Cc1ccc(Br)s1)c1ccncc1. The summed E-state index contributed by atoms with van der Waals surface area (Å²) in [6, 6.07) is 8.26. The average molecular weight is 298 g/mol. The van der Waals surface area contributed by atoms with Crippen molar-refractivity contribution < 1.29 is 0 Å². The fourth-order valence-electron chi connectivity index (χ4n) is 1.53. The number of nitrogens with zero attached hydrogens (tertiary/aromatic N) is 1. The van der Waals surface area contributed by atoms with Crippen molar-refractivity contribution in [1.82, 2.24) is 10.4 Å². The molecule has 0 aliphatic rings. The predicted molar refractivity (Wildman–Crippen MR) is 70.0 cm³/mol. The van der Waals surface area contributed by atoms with Gasteiger partial charge in [0.05, 0.1) is 9.83 Å². The van der Waals surface area contributed by atoms with Gasteiger partial charge in [0.15, 0.2) is 0 Å². The number of pyridine rings is 1. The minimum Gasteiger partial charge on any atom is -0.271 e. The van der Waals surface area contributed by atoms with Crippen LogP contribution in [0, 0.1) is 0 Å². The maximum absolute atomic E-state index is 5.58. The summed E-state index contributed by atoms with van der Waals surface area (Å²) in [4.78, 5) is 5.30. The molecular weight excluding hydrogens is 286 g/mol. The summed E-state index contributed by atoms with van der Waals surface area (Å²) in [7, 11) is 0. The zero-order valence-corrected chi connectivity index (χ0v) is 11.0. The molecule has 2 aromatic heterocycles. The molecule has 0 aliphatic heterocycles. The van der Waals surface area contributed by atoms with Crippen molar-refractivity contribution in [1.29, 1.82) is 0 Å². The van der Waals surface area contributed by atoms with Gasteiger partial charge in [-0.3, -0.25) is 16.3 Å². The monoisotopic (exact) mass is 297 g/mol. The molecule has 0 aromatic carbocycles. The van der Waals surface area contributed by atoms with Gasteiger partial charge in [-0.2, -0.15) is 0 Å². The van der Waals surface area contributed by atoms with E-state index in [4.69, 9.17) is 5.84 Å². The molecule has 0 saturated carbocycles. The normalized spacial score (nSPS) is 12.6. The van der Waals surface area contributed by atoms with E-state index in [2.05, 4.69) is 38.5 Å². The lowest BCUT2D eigenvalue weighted by atomic mass is 10.1. The molecule has 2 rings (SSSR count). The van der Waals surface area contributed by atoms with Gasteiger partial charge in [-0.1, -0.05) is 0 Å². The van der Waals surface area contributed by atoms with Crippen LogP contribution in [0.15, 0.2) is 40.4 Å². The molecule has 1 atom stereocenters. The number of nitrogens with two attached hydrogens (primary N) is 1. The van der Waals surface area contributed by atoms with Crippen LogP contribution in [0.5, 0.6) is 0 Å². The molecule has 0 saturated heterocycles. The smallest absolute Gasteiger partial charge is 0.0701 e. The third-order valence-corrected chi connectivity index (χ3v) is 3.99. The third-order valence-electron chi connectivity index (χ3n) is 2.34. The van der Waals surface area contributed by atoms with Gasteiger partial charge < -0.3 is 0 Å². The van der Waals surface area contributed by atoms with Crippen LogP contribution in [0.4, 0.5) is 0 Å². The van der Waals surface area contributed by atoms with Crippen LogP contribution < -0.4 is 11.3 Å². The van der Waals surface area contributed by atoms with E-state index < -0.39 is 0 Å². The highest BCUT2D eigenvalue weighted by molar-refractivity contribution is 9.11. The predicted octanol–water partition coefficient (Wildman–Crippen LogP) is 2.65. The quantitative estimate of drug-likeness (QED) is 0.674. The van der Waals surface area contributed by atoms with Crippen LogP contribution in [0.3, 0.4) is 0 Å². The van der Waals surface area contributed by atoms with Crippen molar-refractivity contribution in [3.63, 3.8) is 0 Å². The zero-order valence-electron chi connectivity index (χ0n) is 8.56. The molecule has 3 N–H and O–H groups in total. The highest BCUT2D eigenvalue weighted by Crippen LogP contribution is 2.26. The maximum atomic E-state index is 5.58. The van der Waals surface area contributed by atoms with Crippen molar-refractivity contribution in [2.24, 2.45) is 5.84 Å². The first kappa shape index (κ1) is 11.7. The van der Waals surface area contributed by atoms with Crippen molar-refractivity contribution in [2.45, 2.75) is 12.5 Å². The molecular formula is C11H12BrN3S. The van der Waals surface area contributed by atoms with Crippen molar-refractivity contribution >= 4 is 27.3 Å². The third kappa shape index (κ3) is 2.89. The Hall–Kier alpha value is -0.750. The summed E-state index contributed by atoms with van der Waals surface area (Å²) in [6.07, 6.45) is 4.45. The molecule has 84 valence electrons. The number of hydrogen-bond acceptors (Lipinski definition) is 4. The average Bonchev–Trinajstić information content (AvgIpc) is 2.73. The molecule has 0 fully saturated rings. The van der Waals surface area contributed by atoms with Gasteiger partial charge in [0.25, 0.3) is 0 Å². The van der Waals surface area contributed by atoms with Crippen LogP contribution >= 0.6 is 27.3 Å². The van der Waals surface area contributed by atoms with E-state index in [9.17, 15) is 0 Å². The molecule has 2 heterocycles. The minimum atomic E-state index is 0.133. The van der Waals surface area contributed by atoms with Gasteiger partial charge in [0.1, 0.15) is 0 Å². The van der Waals surface area contributed by atoms with Crippen LogP contribution in [0.25, 0.3) is 0 Å². The molecule has 0 radical (unpaired) electrons.